The Hall–Kier alpha value is -2.80. The van der Waals surface area contributed by atoms with Gasteiger partial charge in [0.05, 0.1) is 19.7 Å². The average molecular weight is 380 g/mol. The first-order chi connectivity index (χ1) is 13.5. The Morgan fingerprint density at radius 1 is 1.25 bits per heavy atom. The van der Waals surface area contributed by atoms with E-state index in [1.807, 2.05) is 31.2 Å². The zero-order chi connectivity index (χ0) is 19.6. The Morgan fingerprint density at radius 3 is 2.79 bits per heavy atom. The van der Waals surface area contributed by atoms with Crippen molar-refractivity contribution in [2.75, 3.05) is 19.7 Å². The standard InChI is InChI=1S/C21H24N4O3/c1-15-3-2-6-23-19(15)20(27)25-13-21(14-25)10-17(12-28-21)9-18(26)24-11-16-4-7-22-8-5-16/h2-8,17H,9-14H2,1H3,(H,24,26). The van der Waals surface area contributed by atoms with Crippen LogP contribution in [-0.4, -0.2) is 52.0 Å². The third-order valence-corrected chi connectivity index (χ3v) is 5.46. The van der Waals surface area contributed by atoms with Gasteiger partial charge in [0.1, 0.15) is 11.3 Å². The molecule has 0 radical (unpaired) electrons. The van der Waals surface area contributed by atoms with Crippen LogP contribution in [0.25, 0.3) is 0 Å². The summed E-state index contributed by atoms with van der Waals surface area (Å²) in [6.07, 6.45) is 6.32. The van der Waals surface area contributed by atoms with E-state index in [2.05, 4.69) is 15.3 Å². The van der Waals surface area contributed by atoms with Gasteiger partial charge in [0, 0.05) is 31.6 Å². The molecule has 0 aromatic carbocycles. The Bertz CT molecular complexity index is 865. The second kappa shape index (κ2) is 7.67. The van der Waals surface area contributed by atoms with Crippen LogP contribution in [0.4, 0.5) is 0 Å². The minimum absolute atomic E-state index is 0.0267. The van der Waals surface area contributed by atoms with Gasteiger partial charge in [-0.15, -0.1) is 0 Å². The van der Waals surface area contributed by atoms with Crippen LogP contribution >= 0.6 is 0 Å². The Labute approximate surface area is 164 Å². The molecule has 4 heterocycles. The summed E-state index contributed by atoms with van der Waals surface area (Å²) in [5.41, 5.74) is 2.11. The van der Waals surface area contributed by atoms with Gasteiger partial charge in [-0.05, 0) is 48.6 Å². The molecule has 2 aromatic rings. The number of rotatable bonds is 5. The predicted molar refractivity (Wildman–Crippen MR) is 102 cm³/mol. The number of likely N-dealkylation sites (tertiary alicyclic amines) is 1. The van der Waals surface area contributed by atoms with Crippen LogP contribution in [0.3, 0.4) is 0 Å². The lowest BCUT2D eigenvalue weighted by Crippen LogP contribution is -2.63. The van der Waals surface area contributed by atoms with Crippen molar-refractivity contribution < 1.29 is 14.3 Å². The van der Waals surface area contributed by atoms with Crippen LogP contribution in [0.15, 0.2) is 42.9 Å². The topological polar surface area (TPSA) is 84.4 Å². The molecule has 0 saturated carbocycles. The number of pyridine rings is 2. The molecule has 2 amide bonds. The molecular weight excluding hydrogens is 356 g/mol. The first-order valence-electron chi connectivity index (χ1n) is 9.55. The summed E-state index contributed by atoms with van der Waals surface area (Å²) in [5, 5.41) is 2.95. The number of nitrogens with one attached hydrogen (secondary N) is 1. The molecule has 2 aliphatic rings. The molecule has 2 saturated heterocycles. The van der Waals surface area contributed by atoms with Crippen molar-refractivity contribution in [2.45, 2.75) is 31.9 Å². The van der Waals surface area contributed by atoms with Crippen molar-refractivity contribution in [3.63, 3.8) is 0 Å². The van der Waals surface area contributed by atoms with Gasteiger partial charge in [-0.3, -0.25) is 19.6 Å². The third-order valence-electron chi connectivity index (χ3n) is 5.46. The minimum Gasteiger partial charge on any atom is -0.371 e. The SMILES string of the molecule is Cc1cccnc1C(=O)N1CC2(CC(CC(=O)NCc3ccncc3)CO2)C1. The molecule has 4 rings (SSSR count). The Morgan fingerprint density at radius 2 is 2.04 bits per heavy atom. The highest BCUT2D eigenvalue weighted by Crippen LogP contribution is 2.39. The van der Waals surface area contributed by atoms with Gasteiger partial charge in [-0.1, -0.05) is 6.07 Å². The summed E-state index contributed by atoms with van der Waals surface area (Å²) in [7, 11) is 0. The van der Waals surface area contributed by atoms with Crippen molar-refractivity contribution in [3.05, 3.63) is 59.7 Å². The molecule has 146 valence electrons. The number of carbonyl (C=O) groups excluding carboxylic acids is 2. The van der Waals surface area contributed by atoms with Crippen LogP contribution in [0.1, 0.15) is 34.5 Å². The van der Waals surface area contributed by atoms with E-state index in [1.54, 1.807) is 23.5 Å². The number of carbonyl (C=O) groups is 2. The van der Waals surface area contributed by atoms with Gasteiger partial charge in [0.2, 0.25) is 5.91 Å². The number of ether oxygens (including phenoxy) is 1. The predicted octanol–water partition coefficient (Wildman–Crippen LogP) is 1.72. The van der Waals surface area contributed by atoms with E-state index < -0.39 is 0 Å². The molecule has 1 unspecified atom stereocenters. The monoisotopic (exact) mass is 380 g/mol. The fraction of sp³-hybridized carbons (Fsp3) is 0.429. The fourth-order valence-electron chi connectivity index (χ4n) is 3.98. The lowest BCUT2D eigenvalue weighted by Gasteiger charge is -2.47. The smallest absolute Gasteiger partial charge is 0.272 e. The number of hydrogen-bond donors (Lipinski definition) is 1. The molecule has 0 bridgehead atoms. The van der Waals surface area contributed by atoms with Crippen LogP contribution in [0.5, 0.6) is 0 Å². The zero-order valence-electron chi connectivity index (χ0n) is 15.9. The molecule has 1 atom stereocenters. The quantitative estimate of drug-likeness (QED) is 0.854. The summed E-state index contributed by atoms with van der Waals surface area (Å²) in [6, 6.07) is 7.49. The van der Waals surface area contributed by atoms with Gasteiger partial charge in [-0.25, -0.2) is 0 Å². The van der Waals surface area contributed by atoms with E-state index in [9.17, 15) is 9.59 Å². The Kier molecular flexibility index (Phi) is 5.09. The molecule has 1 N–H and O–H groups in total. The van der Waals surface area contributed by atoms with E-state index in [1.165, 1.54) is 0 Å². The second-order valence-corrected chi connectivity index (χ2v) is 7.73. The van der Waals surface area contributed by atoms with Gasteiger partial charge >= 0.3 is 0 Å². The van der Waals surface area contributed by atoms with Crippen LogP contribution < -0.4 is 5.32 Å². The summed E-state index contributed by atoms with van der Waals surface area (Å²) < 4.78 is 6.00. The number of hydrogen-bond acceptors (Lipinski definition) is 5. The molecule has 2 aliphatic heterocycles. The van der Waals surface area contributed by atoms with Gasteiger partial charge in [-0.2, -0.15) is 0 Å². The summed E-state index contributed by atoms with van der Waals surface area (Å²) in [5.74, 6) is 0.163. The molecule has 2 fully saturated rings. The van der Waals surface area contributed by atoms with Crippen molar-refractivity contribution in [2.24, 2.45) is 5.92 Å². The lowest BCUT2D eigenvalue weighted by atomic mass is 9.85. The molecule has 7 nitrogen and oxygen atoms in total. The average Bonchev–Trinajstić information content (AvgIpc) is 3.10. The number of nitrogens with zero attached hydrogens (tertiary/aromatic N) is 3. The molecule has 1 spiro atoms. The fourth-order valence-corrected chi connectivity index (χ4v) is 3.98. The van der Waals surface area contributed by atoms with E-state index in [0.29, 0.717) is 38.4 Å². The van der Waals surface area contributed by atoms with Gasteiger partial charge in [0.15, 0.2) is 0 Å². The van der Waals surface area contributed by atoms with Crippen molar-refractivity contribution in [3.8, 4) is 0 Å². The number of amides is 2. The minimum atomic E-state index is -0.297. The molecular formula is C21H24N4O3. The normalized spacial score (nSPS) is 20.0. The van der Waals surface area contributed by atoms with E-state index in [-0.39, 0.29) is 23.3 Å². The van der Waals surface area contributed by atoms with Gasteiger partial charge in [0.25, 0.3) is 5.91 Å². The lowest BCUT2D eigenvalue weighted by molar-refractivity contribution is -0.122. The highest BCUT2D eigenvalue weighted by molar-refractivity contribution is 5.94. The first-order valence-corrected chi connectivity index (χ1v) is 9.55. The molecule has 7 heteroatoms. The summed E-state index contributed by atoms with van der Waals surface area (Å²) in [4.78, 5) is 34.8. The van der Waals surface area contributed by atoms with Gasteiger partial charge < -0.3 is 15.0 Å². The summed E-state index contributed by atoms with van der Waals surface area (Å²) >= 11 is 0. The van der Waals surface area contributed by atoms with Crippen molar-refractivity contribution in [1.29, 1.82) is 0 Å². The highest BCUT2D eigenvalue weighted by Gasteiger charge is 2.51. The molecule has 2 aromatic heterocycles. The number of aryl methyl sites for hydroxylation is 1. The molecule has 28 heavy (non-hydrogen) atoms. The van der Waals surface area contributed by atoms with Crippen molar-refractivity contribution in [1.82, 2.24) is 20.2 Å². The summed E-state index contributed by atoms with van der Waals surface area (Å²) in [6.45, 7) is 4.09. The maximum absolute atomic E-state index is 12.6. The highest BCUT2D eigenvalue weighted by atomic mass is 16.5. The third kappa shape index (κ3) is 3.89. The number of aromatic nitrogens is 2. The van der Waals surface area contributed by atoms with E-state index in [4.69, 9.17) is 4.74 Å². The zero-order valence-corrected chi connectivity index (χ0v) is 15.9. The van der Waals surface area contributed by atoms with Crippen molar-refractivity contribution >= 4 is 11.8 Å². The second-order valence-electron chi connectivity index (χ2n) is 7.73. The van der Waals surface area contributed by atoms with Crippen LogP contribution in [-0.2, 0) is 16.1 Å². The van der Waals surface area contributed by atoms with E-state index >= 15 is 0 Å². The maximum atomic E-state index is 12.6. The maximum Gasteiger partial charge on any atom is 0.272 e. The largest absolute Gasteiger partial charge is 0.371 e. The van der Waals surface area contributed by atoms with Crippen LogP contribution in [0, 0.1) is 12.8 Å². The molecule has 0 aliphatic carbocycles. The first kappa shape index (κ1) is 18.6. The van der Waals surface area contributed by atoms with Crippen LogP contribution in [0.2, 0.25) is 0 Å². The Balaban J connectivity index is 1.24. The van der Waals surface area contributed by atoms with E-state index in [0.717, 1.165) is 17.5 Å².